The first kappa shape index (κ1) is 15.6. The quantitative estimate of drug-likeness (QED) is 0.731. The van der Waals surface area contributed by atoms with Crippen LogP contribution < -0.4 is 15.2 Å². The molecule has 0 fully saturated rings. The van der Waals surface area contributed by atoms with Gasteiger partial charge in [0.2, 0.25) is 0 Å². The SMILES string of the molecule is COc1cc([C@H](N)c2cccs2)ccc1OCc1ccccc1. The van der Waals surface area contributed by atoms with Crippen LogP contribution in [0.1, 0.15) is 22.0 Å². The molecule has 0 unspecified atom stereocenters. The van der Waals surface area contributed by atoms with Gasteiger partial charge in [0.15, 0.2) is 11.5 Å². The summed E-state index contributed by atoms with van der Waals surface area (Å²) in [6, 6.07) is 19.8. The predicted octanol–water partition coefficient (Wildman–Crippen LogP) is 4.38. The Kier molecular flexibility index (Phi) is 4.95. The molecule has 1 aromatic heterocycles. The number of nitrogens with two attached hydrogens (primary N) is 1. The number of hydrogen-bond acceptors (Lipinski definition) is 4. The molecule has 3 nitrogen and oxygen atoms in total. The van der Waals surface area contributed by atoms with Gasteiger partial charge in [0.25, 0.3) is 0 Å². The number of rotatable bonds is 6. The normalized spacial score (nSPS) is 11.9. The lowest BCUT2D eigenvalue weighted by molar-refractivity contribution is 0.284. The van der Waals surface area contributed by atoms with Crippen molar-refractivity contribution in [2.45, 2.75) is 12.6 Å². The van der Waals surface area contributed by atoms with Crippen LogP contribution in [0.4, 0.5) is 0 Å². The second kappa shape index (κ2) is 7.31. The Morgan fingerprint density at radius 1 is 1.00 bits per heavy atom. The average molecular weight is 325 g/mol. The lowest BCUT2D eigenvalue weighted by Gasteiger charge is -2.15. The van der Waals surface area contributed by atoms with E-state index >= 15 is 0 Å². The number of hydrogen-bond donors (Lipinski definition) is 1. The van der Waals surface area contributed by atoms with Gasteiger partial charge in [0.1, 0.15) is 6.61 Å². The monoisotopic (exact) mass is 325 g/mol. The van der Waals surface area contributed by atoms with Gasteiger partial charge in [-0.3, -0.25) is 0 Å². The molecule has 0 spiro atoms. The molecular weight excluding hydrogens is 306 g/mol. The molecule has 0 aliphatic heterocycles. The van der Waals surface area contributed by atoms with E-state index in [-0.39, 0.29) is 6.04 Å². The summed E-state index contributed by atoms with van der Waals surface area (Å²) in [6.07, 6.45) is 0. The number of methoxy groups -OCH3 is 1. The minimum Gasteiger partial charge on any atom is -0.493 e. The molecule has 0 radical (unpaired) electrons. The molecule has 0 saturated carbocycles. The minimum atomic E-state index is -0.146. The molecule has 4 heteroatoms. The van der Waals surface area contributed by atoms with Crippen LogP contribution in [0.2, 0.25) is 0 Å². The fourth-order valence-electron chi connectivity index (χ4n) is 2.36. The molecule has 0 aliphatic rings. The van der Waals surface area contributed by atoms with Gasteiger partial charge in [0, 0.05) is 4.88 Å². The molecule has 118 valence electrons. The molecule has 3 rings (SSSR count). The Balaban J connectivity index is 1.77. The molecule has 23 heavy (non-hydrogen) atoms. The van der Waals surface area contributed by atoms with Gasteiger partial charge in [0.05, 0.1) is 13.2 Å². The van der Waals surface area contributed by atoms with E-state index in [4.69, 9.17) is 15.2 Å². The van der Waals surface area contributed by atoms with Gasteiger partial charge in [-0.1, -0.05) is 42.5 Å². The largest absolute Gasteiger partial charge is 0.493 e. The Morgan fingerprint density at radius 2 is 1.83 bits per heavy atom. The van der Waals surface area contributed by atoms with Crippen molar-refractivity contribution in [1.82, 2.24) is 0 Å². The molecular formula is C19H19NO2S. The van der Waals surface area contributed by atoms with Crippen molar-refractivity contribution < 1.29 is 9.47 Å². The Labute approximate surface area is 140 Å². The topological polar surface area (TPSA) is 44.5 Å². The summed E-state index contributed by atoms with van der Waals surface area (Å²) in [5.74, 6) is 1.42. The van der Waals surface area contributed by atoms with Gasteiger partial charge in [-0.2, -0.15) is 0 Å². The summed E-state index contributed by atoms with van der Waals surface area (Å²) in [6.45, 7) is 0.507. The van der Waals surface area contributed by atoms with Crippen molar-refractivity contribution in [2.24, 2.45) is 5.73 Å². The molecule has 2 N–H and O–H groups in total. The Morgan fingerprint density at radius 3 is 2.52 bits per heavy atom. The van der Waals surface area contributed by atoms with E-state index in [0.717, 1.165) is 21.8 Å². The third kappa shape index (κ3) is 3.73. The molecule has 0 amide bonds. The highest BCUT2D eigenvalue weighted by atomic mass is 32.1. The highest BCUT2D eigenvalue weighted by Crippen LogP contribution is 2.33. The van der Waals surface area contributed by atoms with E-state index in [1.807, 2.05) is 66.0 Å². The molecule has 2 aromatic carbocycles. The Bertz CT molecular complexity index is 741. The lowest BCUT2D eigenvalue weighted by atomic mass is 10.1. The van der Waals surface area contributed by atoms with Gasteiger partial charge < -0.3 is 15.2 Å². The second-order valence-electron chi connectivity index (χ2n) is 5.18. The van der Waals surface area contributed by atoms with E-state index in [1.165, 1.54) is 0 Å². The summed E-state index contributed by atoms with van der Waals surface area (Å²) in [4.78, 5) is 1.13. The highest BCUT2D eigenvalue weighted by molar-refractivity contribution is 7.10. The van der Waals surface area contributed by atoms with Crippen molar-refractivity contribution in [3.05, 3.63) is 82.0 Å². The minimum absolute atomic E-state index is 0.146. The van der Waals surface area contributed by atoms with Crippen LogP contribution in [0, 0.1) is 0 Å². The maximum absolute atomic E-state index is 6.31. The van der Waals surface area contributed by atoms with Crippen molar-refractivity contribution in [3.8, 4) is 11.5 Å². The molecule has 0 bridgehead atoms. The fraction of sp³-hybridized carbons (Fsp3) is 0.158. The zero-order chi connectivity index (χ0) is 16.1. The molecule has 0 saturated heterocycles. The van der Waals surface area contributed by atoms with Crippen LogP contribution in [0.15, 0.2) is 66.0 Å². The molecule has 1 heterocycles. The first-order valence-corrected chi connectivity index (χ1v) is 8.29. The highest BCUT2D eigenvalue weighted by Gasteiger charge is 2.13. The summed E-state index contributed by atoms with van der Waals surface area (Å²) in [7, 11) is 1.64. The smallest absolute Gasteiger partial charge is 0.161 e. The summed E-state index contributed by atoms with van der Waals surface area (Å²) >= 11 is 1.65. The summed E-state index contributed by atoms with van der Waals surface area (Å²) in [5.41, 5.74) is 8.44. The predicted molar refractivity (Wildman–Crippen MR) is 94.1 cm³/mol. The van der Waals surface area contributed by atoms with Crippen LogP contribution in [0.5, 0.6) is 11.5 Å². The van der Waals surface area contributed by atoms with Gasteiger partial charge in [-0.15, -0.1) is 11.3 Å². The lowest BCUT2D eigenvalue weighted by Crippen LogP contribution is -2.10. The third-order valence-corrected chi connectivity index (χ3v) is 4.59. The number of benzene rings is 2. The third-order valence-electron chi connectivity index (χ3n) is 3.63. The van der Waals surface area contributed by atoms with Crippen molar-refractivity contribution >= 4 is 11.3 Å². The zero-order valence-electron chi connectivity index (χ0n) is 12.9. The summed E-state index contributed by atoms with van der Waals surface area (Å²) in [5, 5.41) is 2.03. The molecule has 0 aliphatic carbocycles. The van der Waals surface area contributed by atoms with Crippen molar-refractivity contribution in [2.75, 3.05) is 7.11 Å². The second-order valence-corrected chi connectivity index (χ2v) is 6.16. The van der Waals surface area contributed by atoms with Gasteiger partial charge >= 0.3 is 0 Å². The zero-order valence-corrected chi connectivity index (χ0v) is 13.8. The molecule has 1 atom stereocenters. The van der Waals surface area contributed by atoms with E-state index in [2.05, 4.69) is 0 Å². The van der Waals surface area contributed by atoms with E-state index < -0.39 is 0 Å². The van der Waals surface area contributed by atoms with E-state index in [1.54, 1.807) is 18.4 Å². The number of thiophene rings is 1. The van der Waals surface area contributed by atoms with Gasteiger partial charge in [-0.25, -0.2) is 0 Å². The summed E-state index contributed by atoms with van der Waals surface area (Å²) < 4.78 is 11.3. The maximum atomic E-state index is 6.31. The van der Waals surface area contributed by atoms with Crippen LogP contribution in [-0.4, -0.2) is 7.11 Å². The molecule has 3 aromatic rings. The first-order chi connectivity index (χ1) is 11.3. The van der Waals surface area contributed by atoms with E-state index in [0.29, 0.717) is 12.4 Å². The van der Waals surface area contributed by atoms with Crippen molar-refractivity contribution in [3.63, 3.8) is 0 Å². The van der Waals surface area contributed by atoms with Crippen LogP contribution in [-0.2, 0) is 6.61 Å². The maximum Gasteiger partial charge on any atom is 0.161 e. The van der Waals surface area contributed by atoms with Crippen molar-refractivity contribution in [1.29, 1.82) is 0 Å². The van der Waals surface area contributed by atoms with E-state index in [9.17, 15) is 0 Å². The first-order valence-electron chi connectivity index (χ1n) is 7.41. The van der Waals surface area contributed by atoms with Crippen LogP contribution >= 0.6 is 11.3 Å². The fourth-order valence-corrected chi connectivity index (χ4v) is 3.12. The standard InChI is InChI=1S/C19H19NO2S/c1-21-17-12-15(19(20)18-8-5-11-23-18)9-10-16(17)22-13-14-6-3-2-4-7-14/h2-12,19H,13,20H2,1H3/t19-/m0/s1. The van der Waals surface area contributed by atoms with Gasteiger partial charge in [-0.05, 0) is 34.7 Å². The van der Waals surface area contributed by atoms with Crippen LogP contribution in [0.25, 0.3) is 0 Å². The average Bonchev–Trinajstić information content (AvgIpc) is 3.14. The Hall–Kier alpha value is -2.30. The number of ether oxygens (including phenoxy) is 2. The van der Waals surface area contributed by atoms with Crippen LogP contribution in [0.3, 0.4) is 0 Å².